The van der Waals surface area contributed by atoms with Crippen molar-refractivity contribution in [3.05, 3.63) is 41.3 Å². The molecule has 3 heterocycles. The molecule has 0 unspecified atom stereocenters. The minimum Gasteiger partial charge on any atom is -0.382 e. The Morgan fingerprint density at radius 3 is 2.71 bits per heavy atom. The van der Waals surface area contributed by atoms with E-state index in [9.17, 15) is 4.79 Å². The number of halogens is 1. The number of carbonyl (C=O) groups is 1. The van der Waals surface area contributed by atoms with Crippen LogP contribution < -0.4 is 5.73 Å². The Kier molecular flexibility index (Phi) is 3.79. The summed E-state index contributed by atoms with van der Waals surface area (Å²) in [6, 6.07) is 3.73. The first-order valence-electron chi connectivity index (χ1n) is 6.84. The van der Waals surface area contributed by atoms with Gasteiger partial charge in [0.1, 0.15) is 5.82 Å². The predicted molar refractivity (Wildman–Crippen MR) is 80.1 cm³/mol. The minimum absolute atomic E-state index is 0.0409. The Bertz CT molecular complexity index is 648. The Balaban J connectivity index is 1.66. The molecule has 1 saturated heterocycles. The molecular formula is C14H16ClN5O. The standard InChI is InChI=1S/C14H16ClN5O/c15-12-9-17-5-1-11(12)14(21)19-6-2-10(3-7-19)20-8-4-13(16)18-20/h1,4-5,8-10H,2-3,6-7H2,(H2,16,18). The van der Waals surface area contributed by atoms with Crippen molar-refractivity contribution in [3.8, 4) is 0 Å². The third kappa shape index (κ3) is 2.85. The van der Waals surface area contributed by atoms with Crippen molar-refractivity contribution in [3.63, 3.8) is 0 Å². The molecule has 0 aromatic carbocycles. The third-order valence-corrected chi connectivity index (χ3v) is 4.06. The summed E-state index contributed by atoms with van der Waals surface area (Å²) < 4.78 is 1.89. The summed E-state index contributed by atoms with van der Waals surface area (Å²) in [5.74, 6) is 0.484. The number of piperidine rings is 1. The number of pyridine rings is 1. The normalized spacial score (nSPS) is 16.1. The van der Waals surface area contributed by atoms with E-state index in [0.29, 0.717) is 35.5 Å². The summed E-state index contributed by atoms with van der Waals surface area (Å²) in [6.45, 7) is 1.36. The average molecular weight is 306 g/mol. The van der Waals surface area contributed by atoms with Crippen LogP contribution in [0.4, 0.5) is 5.82 Å². The van der Waals surface area contributed by atoms with Gasteiger partial charge < -0.3 is 10.6 Å². The van der Waals surface area contributed by atoms with Crippen LogP contribution in [0.15, 0.2) is 30.7 Å². The summed E-state index contributed by atoms with van der Waals surface area (Å²) in [5, 5.41) is 4.63. The first-order valence-corrected chi connectivity index (χ1v) is 7.22. The Hall–Kier alpha value is -2.08. The molecule has 1 aliphatic rings. The number of amides is 1. The molecule has 0 aliphatic carbocycles. The fourth-order valence-corrected chi connectivity index (χ4v) is 2.81. The van der Waals surface area contributed by atoms with Crippen molar-refractivity contribution in [2.75, 3.05) is 18.8 Å². The molecule has 6 nitrogen and oxygen atoms in total. The van der Waals surface area contributed by atoms with Crippen LogP contribution >= 0.6 is 11.6 Å². The van der Waals surface area contributed by atoms with Crippen LogP contribution in [0.1, 0.15) is 29.2 Å². The monoisotopic (exact) mass is 305 g/mol. The van der Waals surface area contributed by atoms with Gasteiger partial charge in [0, 0.05) is 31.7 Å². The first kappa shape index (κ1) is 13.9. The molecule has 0 saturated carbocycles. The van der Waals surface area contributed by atoms with Crippen LogP contribution in [0, 0.1) is 0 Å². The molecule has 110 valence electrons. The van der Waals surface area contributed by atoms with Crippen LogP contribution in [0.2, 0.25) is 5.02 Å². The number of hydrogen-bond acceptors (Lipinski definition) is 4. The highest BCUT2D eigenvalue weighted by molar-refractivity contribution is 6.33. The largest absolute Gasteiger partial charge is 0.382 e. The van der Waals surface area contributed by atoms with Crippen molar-refractivity contribution < 1.29 is 4.79 Å². The molecule has 1 amide bonds. The third-order valence-electron chi connectivity index (χ3n) is 3.76. The average Bonchev–Trinajstić information content (AvgIpc) is 2.94. The molecule has 0 spiro atoms. The molecule has 0 atom stereocenters. The van der Waals surface area contributed by atoms with Gasteiger partial charge in [-0.05, 0) is 25.0 Å². The molecule has 3 rings (SSSR count). The number of anilines is 1. The highest BCUT2D eigenvalue weighted by Gasteiger charge is 2.25. The second-order valence-corrected chi connectivity index (χ2v) is 5.51. The van der Waals surface area contributed by atoms with Gasteiger partial charge in [-0.3, -0.25) is 14.5 Å². The lowest BCUT2D eigenvalue weighted by Crippen LogP contribution is -2.39. The van der Waals surface area contributed by atoms with E-state index in [1.165, 1.54) is 6.20 Å². The molecule has 7 heteroatoms. The van der Waals surface area contributed by atoms with Crippen molar-refractivity contribution in [1.29, 1.82) is 0 Å². The highest BCUT2D eigenvalue weighted by Crippen LogP contribution is 2.24. The molecule has 0 bridgehead atoms. The zero-order valence-electron chi connectivity index (χ0n) is 11.4. The van der Waals surface area contributed by atoms with Crippen LogP contribution in [0.5, 0.6) is 0 Å². The minimum atomic E-state index is -0.0409. The lowest BCUT2D eigenvalue weighted by molar-refractivity contribution is 0.0690. The van der Waals surface area contributed by atoms with Crippen molar-refractivity contribution in [2.45, 2.75) is 18.9 Å². The lowest BCUT2D eigenvalue weighted by atomic mass is 10.0. The molecular weight excluding hydrogens is 290 g/mol. The van der Waals surface area contributed by atoms with Crippen molar-refractivity contribution in [2.24, 2.45) is 0 Å². The quantitative estimate of drug-likeness (QED) is 0.920. The van der Waals surface area contributed by atoms with Crippen molar-refractivity contribution >= 4 is 23.3 Å². The Morgan fingerprint density at radius 2 is 2.10 bits per heavy atom. The Morgan fingerprint density at radius 1 is 1.33 bits per heavy atom. The van der Waals surface area contributed by atoms with Gasteiger partial charge in [0.2, 0.25) is 0 Å². The van der Waals surface area contributed by atoms with Gasteiger partial charge in [0.15, 0.2) is 0 Å². The number of nitrogens with zero attached hydrogens (tertiary/aromatic N) is 4. The van der Waals surface area contributed by atoms with E-state index in [1.54, 1.807) is 18.3 Å². The molecule has 2 aromatic heterocycles. The molecule has 21 heavy (non-hydrogen) atoms. The summed E-state index contributed by atoms with van der Waals surface area (Å²) in [5.41, 5.74) is 6.14. The van der Waals surface area contributed by atoms with Crippen molar-refractivity contribution in [1.82, 2.24) is 19.7 Å². The maximum absolute atomic E-state index is 12.4. The molecule has 2 N–H and O–H groups in total. The fraction of sp³-hybridized carbons (Fsp3) is 0.357. The van der Waals surface area contributed by atoms with Gasteiger partial charge in [-0.25, -0.2) is 0 Å². The van der Waals surface area contributed by atoms with Gasteiger partial charge in [-0.2, -0.15) is 5.10 Å². The maximum atomic E-state index is 12.4. The van der Waals surface area contributed by atoms with Crippen LogP contribution in [0.3, 0.4) is 0 Å². The van der Waals surface area contributed by atoms with E-state index in [-0.39, 0.29) is 5.91 Å². The number of hydrogen-bond donors (Lipinski definition) is 1. The smallest absolute Gasteiger partial charge is 0.255 e. The van der Waals surface area contributed by atoms with Crippen LogP contribution in [-0.2, 0) is 0 Å². The summed E-state index contributed by atoms with van der Waals surface area (Å²) in [6.07, 6.45) is 6.68. The van der Waals surface area contributed by atoms with Gasteiger partial charge in [0.05, 0.1) is 16.6 Å². The second kappa shape index (κ2) is 5.73. The second-order valence-electron chi connectivity index (χ2n) is 5.10. The highest BCUT2D eigenvalue weighted by atomic mass is 35.5. The summed E-state index contributed by atoms with van der Waals surface area (Å²) in [4.78, 5) is 18.2. The number of carbonyl (C=O) groups excluding carboxylic acids is 1. The zero-order valence-corrected chi connectivity index (χ0v) is 12.2. The first-order chi connectivity index (χ1) is 10.1. The van der Waals surface area contributed by atoms with Gasteiger partial charge in [-0.1, -0.05) is 11.6 Å². The van der Waals surface area contributed by atoms with Gasteiger partial charge >= 0.3 is 0 Å². The number of nitrogen functional groups attached to an aromatic ring is 1. The molecule has 0 radical (unpaired) electrons. The molecule has 1 aliphatic heterocycles. The Labute approximate surface area is 127 Å². The van der Waals surface area contributed by atoms with E-state index in [1.807, 2.05) is 15.8 Å². The molecule has 1 fully saturated rings. The van der Waals surface area contributed by atoms with Gasteiger partial charge in [0.25, 0.3) is 5.91 Å². The molecule has 2 aromatic rings. The number of nitrogens with two attached hydrogens (primary N) is 1. The number of rotatable bonds is 2. The van der Waals surface area contributed by atoms with Crippen LogP contribution in [-0.4, -0.2) is 38.7 Å². The predicted octanol–water partition coefficient (Wildman–Crippen LogP) is 1.99. The summed E-state index contributed by atoms with van der Waals surface area (Å²) >= 11 is 6.03. The van der Waals surface area contributed by atoms with E-state index in [0.717, 1.165) is 12.8 Å². The fourth-order valence-electron chi connectivity index (χ4n) is 2.61. The lowest BCUT2D eigenvalue weighted by Gasteiger charge is -2.32. The van der Waals surface area contributed by atoms with E-state index < -0.39 is 0 Å². The number of likely N-dealkylation sites (tertiary alicyclic amines) is 1. The van der Waals surface area contributed by atoms with Crippen LogP contribution in [0.25, 0.3) is 0 Å². The SMILES string of the molecule is Nc1ccn(C2CCN(C(=O)c3ccncc3Cl)CC2)n1. The zero-order chi connectivity index (χ0) is 14.8. The van der Waals surface area contributed by atoms with E-state index in [4.69, 9.17) is 17.3 Å². The van der Waals surface area contributed by atoms with E-state index >= 15 is 0 Å². The topological polar surface area (TPSA) is 77.0 Å². The summed E-state index contributed by atoms with van der Waals surface area (Å²) in [7, 11) is 0. The maximum Gasteiger partial charge on any atom is 0.255 e. The van der Waals surface area contributed by atoms with E-state index in [2.05, 4.69) is 10.1 Å². The van der Waals surface area contributed by atoms with Gasteiger partial charge in [-0.15, -0.1) is 0 Å². The number of aromatic nitrogens is 3.